The van der Waals surface area contributed by atoms with Crippen LogP contribution in [0.15, 0.2) is 0 Å². The molecule has 1 fully saturated rings. The summed E-state index contributed by atoms with van der Waals surface area (Å²) in [7, 11) is 4.28. The van der Waals surface area contributed by atoms with Crippen molar-refractivity contribution in [2.45, 2.75) is 58.2 Å². The Labute approximate surface area is 157 Å². The predicted octanol–water partition coefficient (Wildman–Crippen LogP) is 2.35. The standard InChI is InChI=1S/C16H28N2O5S2/c1-10(2)7-11(12(19)22-6)17-13(20)16(8-24-25-9-16)18-14(21)23-15(3,4)5/h10-11H,7-9H2,1-6H3,(H,17,20)(H,18,21)/t11-/m0/s1. The second-order valence-electron chi connectivity index (χ2n) is 7.41. The number of nitrogens with one attached hydrogen (secondary N) is 2. The molecule has 7 nitrogen and oxygen atoms in total. The predicted molar refractivity (Wildman–Crippen MR) is 100 cm³/mol. The third kappa shape index (κ3) is 6.97. The van der Waals surface area contributed by atoms with Gasteiger partial charge in [0.15, 0.2) is 0 Å². The van der Waals surface area contributed by atoms with Crippen LogP contribution in [0, 0.1) is 5.92 Å². The monoisotopic (exact) mass is 392 g/mol. The van der Waals surface area contributed by atoms with Gasteiger partial charge in [-0.05, 0) is 33.1 Å². The van der Waals surface area contributed by atoms with Crippen LogP contribution in [0.4, 0.5) is 4.79 Å². The van der Waals surface area contributed by atoms with Crippen LogP contribution in [-0.2, 0) is 19.1 Å². The van der Waals surface area contributed by atoms with Crippen LogP contribution in [0.3, 0.4) is 0 Å². The number of carbonyl (C=O) groups is 3. The van der Waals surface area contributed by atoms with Crippen LogP contribution >= 0.6 is 21.6 Å². The van der Waals surface area contributed by atoms with Gasteiger partial charge in [0.05, 0.1) is 7.11 Å². The molecule has 2 N–H and O–H groups in total. The first-order valence-corrected chi connectivity index (χ1v) is 10.6. The first-order valence-electron chi connectivity index (χ1n) is 8.13. The minimum atomic E-state index is -1.11. The van der Waals surface area contributed by atoms with Gasteiger partial charge >= 0.3 is 12.1 Å². The Bertz CT molecular complexity index is 499. The average Bonchev–Trinajstić information content (AvgIpc) is 2.92. The highest BCUT2D eigenvalue weighted by Gasteiger charge is 2.46. The third-order valence-electron chi connectivity index (χ3n) is 3.37. The lowest BCUT2D eigenvalue weighted by Crippen LogP contribution is -2.63. The fourth-order valence-corrected chi connectivity index (χ4v) is 5.23. The molecule has 0 radical (unpaired) electrons. The zero-order valence-electron chi connectivity index (χ0n) is 15.6. The van der Waals surface area contributed by atoms with Crippen molar-refractivity contribution in [3.8, 4) is 0 Å². The summed E-state index contributed by atoms with van der Waals surface area (Å²) < 4.78 is 10.1. The van der Waals surface area contributed by atoms with Gasteiger partial charge in [0.25, 0.3) is 0 Å². The largest absolute Gasteiger partial charge is 0.467 e. The lowest BCUT2D eigenvalue weighted by atomic mass is 10.00. The zero-order chi connectivity index (χ0) is 19.3. The van der Waals surface area contributed by atoms with Crippen molar-refractivity contribution in [1.82, 2.24) is 10.6 Å². The third-order valence-corrected chi connectivity index (χ3v) is 5.96. The molecule has 0 spiro atoms. The first kappa shape index (κ1) is 22.0. The van der Waals surface area contributed by atoms with Gasteiger partial charge in [0.2, 0.25) is 5.91 Å². The Balaban J connectivity index is 2.87. The number of ether oxygens (including phenoxy) is 2. The SMILES string of the molecule is COC(=O)[C@H](CC(C)C)NC(=O)C1(NC(=O)OC(C)(C)C)CSSC1. The molecule has 0 aromatic rings. The van der Waals surface area contributed by atoms with Crippen LogP contribution in [-0.4, -0.2) is 53.8 Å². The number of alkyl carbamates (subject to hydrolysis) is 1. The molecule has 1 heterocycles. The molecule has 1 saturated heterocycles. The zero-order valence-corrected chi connectivity index (χ0v) is 17.3. The quantitative estimate of drug-likeness (QED) is 0.529. The van der Waals surface area contributed by atoms with E-state index in [1.165, 1.54) is 28.7 Å². The smallest absolute Gasteiger partial charge is 0.408 e. The molecule has 0 bridgehead atoms. The summed E-state index contributed by atoms with van der Waals surface area (Å²) >= 11 is 0. The number of carbonyl (C=O) groups excluding carboxylic acids is 3. The molecule has 0 aliphatic carbocycles. The molecule has 9 heteroatoms. The Morgan fingerprint density at radius 3 is 2.16 bits per heavy atom. The molecule has 1 atom stereocenters. The normalized spacial score (nSPS) is 17.7. The van der Waals surface area contributed by atoms with Crippen LogP contribution < -0.4 is 10.6 Å². The van der Waals surface area contributed by atoms with E-state index in [9.17, 15) is 14.4 Å². The first-order chi connectivity index (χ1) is 11.5. The van der Waals surface area contributed by atoms with E-state index in [4.69, 9.17) is 9.47 Å². The maximum Gasteiger partial charge on any atom is 0.408 e. The average molecular weight is 393 g/mol. The topological polar surface area (TPSA) is 93.7 Å². The number of esters is 1. The fourth-order valence-electron chi connectivity index (χ4n) is 2.21. The number of hydrogen-bond donors (Lipinski definition) is 2. The van der Waals surface area contributed by atoms with E-state index < -0.39 is 35.2 Å². The Hall–Kier alpha value is -1.09. The number of rotatable bonds is 6. The Morgan fingerprint density at radius 1 is 1.16 bits per heavy atom. The van der Waals surface area contributed by atoms with Crippen molar-refractivity contribution in [3.63, 3.8) is 0 Å². The number of amides is 2. The summed E-state index contributed by atoms with van der Waals surface area (Å²) in [5.74, 6) is 0.113. The molecule has 1 aliphatic rings. The fraction of sp³-hybridized carbons (Fsp3) is 0.812. The summed E-state index contributed by atoms with van der Waals surface area (Å²) in [6, 6.07) is -0.745. The Morgan fingerprint density at radius 2 is 1.72 bits per heavy atom. The molecule has 144 valence electrons. The molecule has 1 aliphatic heterocycles. The highest BCUT2D eigenvalue weighted by molar-refractivity contribution is 8.77. The van der Waals surface area contributed by atoms with Gasteiger partial charge in [0.1, 0.15) is 17.2 Å². The molecule has 0 aromatic carbocycles. The van der Waals surface area contributed by atoms with Crippen LogP contribution in [0.5, 0.6) is 0 Å². The van der Waals surface area contributed by atoms with Crippen LogP contribution in [0.2, 0.25) is 0 Å². The van der Waals surface area contributed by atoms with Crippen molar-refractivity contribution in [2.24, 2.45) is 5.92 Å². The maximum atomic E-state index is 12.9. The van der Waals surface area contributed by atoms with E-state index in [1.54, 1.807) is 20.8 Å². The summed E-state index contributed by atoms with van der Waals surface area (Å²) in [5, 5.41) is 5.44. The highest BCUT2D eigenvalue weighted by atomic mass is 33.1. The Kier molecular flexibility index (Phi) is 7.92. The molecule has 2 amide bonds. The van der Waals surface area contributed by atoms with E-state index in [2.05, 4.69) is 10.6 Å². The van der Waals surface area contributed by atoms with Crippen LogP contribution in [0.1, 0.15) is 41.0 Å². The van der Waals surface area contributed by atoms with E-state index in [-0.39, 0.29) is 5.92 Å². The van der Waals surface area contributed by atoms with Gasteiger partial charge in [0, 0.05) is 11.5 Å². The molecule has 0 unspecified atom stereocenters. The highest BCUT2D eigenvalue weighted by Crippen LogP contribution is 2.38. The number of hydrogen-bond acceptors (Lipinski definition) is 7. The molecule has 0 saturated carbocycles. The van der Waals surface area contributed by atoms with Crippen molar-refractivity contribution in [1.29, 1.82) is 0 Å². The van der Waals surface area contributed by atoms with Gasteiger partial charge in [-0.15, -0.1) is 0 Å². The van der Waals surface area contributed by atoms with Gasteiger partial charge < -0.3 is 20.1 Å². The van der Waals surface area contributed by atoms with Gasteiger partial charge in [-0.3, -0.25) is 4.79 Å². The van der Waals surface area contributed by atoms with Gasteiger partial charge in [-0.1, -0.05) is 35.4 Å². The minimum absolute atomic E-state index is 0.200. The molecule has 1 rings (SSSR count). The summed E-state index contributed by atoms with van der Waals surface area (Å²) in [6.07, 6.45) is -0.189. The summed E-state index contributed by atoms with van der Waals surface area (Å²) in [6.45, 7) is 9.18. The van der Waals surface area contributed by atoms with E-state index >= 15 is 0 Å². The molecule has 0 aromatic heterocycles. The maximum absolute atomic E-state index is 12.9. The summed E-state index contributed by atoms with van der Waals surface area (Å²) in [4.78, 5) is 37.0. The van der Waals surface area contributed by atoms with E-state index in [1.807, 2.05) is 13.8 Å². The van der Waals surface area contributed by atoms with Gasteiger partial charge in [-0.25, -0.2) is 9.59 Å². The van der Waals surface area contributed by atoms with Gasteiger partial charge in [-0.2, -0.15) is 0 Å². The van der Waals surface area contributed by atoms with Crippen molar-refractivity contribution in [3.05, 3.63) is 0 Å². The lowest BCUT2D eigenvalue weighted by Gasteiger charge is -2.31. The van der Waals surface area contributed by atoms with E-state index in [0.717, 1.165) is 0 Å². The molecule has 25 heavy (non-hydrogen) atoms. The summed E-state index contributed by atoms with van der Waals surface area (Å²) in [5.41, 5.74) is -1.77. The van der Waals surface area contributed by atoms with Crippen LogP contribution in [0.25, 0.3) is 0 Å². The molecular weight excluding hydrogens is 364 g/mol. The minimum Gasteiger partial charge on any atom is -0.467 e. The van der Waals surface area contributed by atoms with Crippen molar-refractivity contribution in [2.75, 3.05) is 18.6 Å². The second kappa shape index (κ2) is 9.02. The van der Waals surface area contributed by atoms with E-state index in [0.29, 0.717) is 17.9 Å². The van der Waals surface area contributed by atoms with Crippen molar-refractivity contribution >= 4 is 39.6 Å². The second-order valence-corrected chi connectivity index (χ2v) is 9.88. The van der Waals surface area contributed by atoms with Crippen molar-refractivity contribution < 1.29 is 23.9 Å². The lowest BCUT2D eigenvalue weighted by molar-refractivity contribution is -0.146. The molecular formula is C16H28N2O5S2. The number of methoxy groups -OCH3 is 1.